The fourth-order valence-electron chi connectivity index (χ4n) is 3.73. The molecule has 1 aliphatic rings. The molecule has 8 heteroatoms. The van der Waals surface area contributed by atoms with E-state index in [1.807, 2.05) is 12.3 Å². The second-order valence-electron chi connectivity index (χ2n) is 7.01. The zero-order chi connectivity index (χ0) is 20.4. The number of pyridine rings is 1. The standard InChI is InChI=1S/C21H21F3N4S/c1-29-27-9-6-14(7-10-27)18-13-25-20(15-2-4-16(22)5-3-15)12-17(18)19-8-11-28(26-19)21(23)24/h2-5,8,11-14,21H,6-7,9-10H2,1H3. The molecular formula is C21H21F3N4S. The van der Waals surface area contributed by atoms with E-state index in [-0.39, 0.29) is 5.82 Å². The second kappa shape index (κ2) is 8.59. The van der Waals surface area contributed by atoms with E-state index in [2.05, 4.69) is 20.6 Å². The van der Waals surface area contributed by atoms with Crippen molar-refractivity contribution in [2.75, 3.05) is 19.3 Å². The molecule has 29 heavy (non-hydrogen) atoms. The normalized spacial score (nSPS) is 15.9. The summed E-state index contributed by atoms with van der Waals surface area (Å²) in [5.41, 5.74) is 3.76. The molecule has 4 nitrogen and oxygen atoms in total. The van der Waals surface area contributed by atoms with Crippen LogP contribution in [-0.4, -0.2) is 38.4 Å². The van der Waals surface area contributed by atoms with E-state index in [1.54, 1.807) is 30.1 Å². The number of hydrogen-bond acceptors (Lipinski definition) is 4. The molecule has 0 saturated carbocycles. The van der Waals surface area contributed by atoms with Gasteiger partial charge in [-0.1, -0.05) is 11.9 Å². The van der Waals surface area contributed by atoms with Gasteiger partial charge in [0.05, 0.1) is 11.4 Å². The van der Waals surface area contributed by atoms with E-state index in [0.29, 0.717) is 22.0 Å². The third-order valence-corrected chi connectivity index (χ3v) is 6.19. The maximum Gasteiger partial charge on any atom is 0.333 e. The van der Waals surface area contributed by atoms with Crippen molar-refractivity contribution in [3.63, 3.8) is 0 Å². The summed E-state index contributed by atoms with van der Waals surface area (Å²) in [5.74, 6) is -0.0262. The lowest BCUT2D eigenvalue weighted by molar-refractivity contribution is 0.0568. The van der Waals surface area contributed by atoms with Crippen LogP contribution in [0, 0.1) is 5.82 Å². The monoisotopic (exact) mass is 418 g/mol. The molecule has 3 heterocycles. The molecule has 0 bridgehead atoms. The number of halogens is 3. The summed E-state index contributed by atoms with van der Waals surface area (Å²) in [5, 5.41) is 4.08. The van der Waals surface area contributed by atoms with Crippen LogP contribution in [0.1, 0.15) is 30.9 Å². The Balaban J connectivity index is 1.74. The largest absolute Gasteiger partial charge is 0.333 e. The Bertz CT molecular complexity index is 966. The van der Waals surface area contributed by atoms with Crippen molar-refractivity contribution < 1.29 is 13.2 Å². The highest BCUT2D eigenvalue weighted by atomic mass is 32.2. The molecule has 1 fully saturated rings. The number of benzene rings is 1. The Morgan fingerprint density at radius 2 is 1.79 bits per heavy atom. The number of alkyl halides is 2. The molecule has 1 aliphatic heterocycles. The van der Waals surface area contributed by atoms with Gasteiger partial charge in [0.1, 0.15) is 5.82 Å². The first kappa shape index (κ1) is 20.0. The van der Waals surface area contributed by atoms with Gasteiger partial charge in [-0.15, -0.1) is 0 Å². The Morgan fingerprint density at radius 3 is 2.41 bits per heavy atom. The summed E-state index contributed by atoms with van der Waals surface area (Å²) in [4.78, 5) is 4.60. The van der Waals surface area contributed by atoms with Crippen molar-refractivity contribution in [2.24, 2.45) is 0 Å². The fourth-order valence-corrected chi connectivity index (χ4v) is 4.31. The number of hydrogen-bond donors (Lipinski definition) is 0. The molecule has 0 radical (unpaired) electrons. The number of piperidine rings is 1. The highest BCUT2D eigenvalue weighted by Crippen LogP contribution is 2.37. The Morgan fingerprint density at radius 1 is 1.07 bits per heavy atom. The Labute approximate surface area is 171 Å². The summed E-state index contributed by atoms with van der Waals surface area (Å²) in [6.45, 7) is -0.747. The molecule has 0 aliphatic carbocycles. The topological polar surface area (TPSA) is 34.0 Å². The van der Waals surface area contributed by atoms with E-state index in [9.17, 15) is 13.2 Å². The van der Waals surface area contributed by atoms with Crippen LogP contribution >= 0.6 is 11.9 Å². The molecule has 0 N–H and O–H groups in total. The van der Waals surface area contributed by atoms with Gasteiger partial charge in [-0.25, -0.2) is 9.07 Å². The molecule has 2 aromatic heterocycles. The molecule has 3 aromatic rings. The third kappa shape index (κ3) is 4.33. The van der Waals surface area contributed by atoms with Crippen molar-refractivity contribution >= 4 is 11.9 Å². The summed E-state index contributed by atoms with van der Waals surface area (Å²) in [6.07, 6.45) is 7.14. The van der Waals surface area contributed by atoms with E-state index in [1.165, 1.54) is 18.3 Å². The van der Waals surface area contributed by atoms with E-state index < -0.39 is 6.55 Å². The van der Waals surface area contributed by atoms with E-state index in [0.717, 1.165) is 42.6 Å². The lowest BCUT2D eigenvalue weighted by atomic mass is 9.87. The van der Waals surface area contributed by atoms with Gasteiger partial charge in [-0.3, -0.25) is 9.29 Å². The fraction of sp³-hybridized carbons (Fsp3) is 0.333. The minimum atomic E-state index is -2.68. The Kier molecular flexibility index (Phi) is 5.91. The van der Waals surface area contributed by atoms with Crippen molar-refractivity contribution in [3.8, 4) is 22.5 Å². The SMILES string of the molecule is CSN1CCC(c2cnc(-c3ccc(F)cc3)cc2-c2ccn(C(F)F)n2)CC1. The molecule has 0 amide bonds. The second-order valence-corrected chi connectivity index (χ2v) is 7.89. The lowest BCUT2D eigenvalue weighted by Crippen LogP contribution is -2.27. The van der Waals surface area contributed by atoms with Crippen LogP contribution in [0.3, 0.4) is 0 Å². The zero-order valence-electron chi connectivity index (χ0n) is 15.9. The van der Waals surface area contributed by atoms with Gasteiger partial charge in [0.2, 0.25) is 0 Å². The lowest BCUT2D eigenvalue weighted by Gasteiger charge is -2.31. The number of aromatic nitrogens is 3. The van der Waals surface area contributed by atoms with E-state index in [4.69, 9.17) is 0 Å². The smallest absolute Gasteiger partial charge is 0.256 e. The maximum absolute atomic E-state index is 13.3. The molecule has 1 saturated heterocycles. The van der Waals surface area contributed by atoms with Crippen LogP contribution < -0.4 is 0 Å². The number of nitrogens with zero attached hydrogens (tertiary/aromatic N) is 4. The predicted molar refractivity (Wildman–Crippen MR) is 109 cm³/mol. The van der Waals surface area contributed by atoms with Crippen molar-refractivity contribution in [1.29, 1.82) is 0 Å². The summed E-state index contributed by atoms with van der Waals surface area (Å²) in [6, 6.07) is 9.58. The summed E-state index contributed by atoms with van der Waals surface area (Å²) >= 11 is 1.74. The van der Waals surface area contributed by atoms with Crippen LogP contribution in [-0.2, 0) is 0 Å². The molecule has 152 valence electrons. The van der Waals surface area contributed by atoms with Crippen molar-refractivity contribution in [1.82, 2.24) is 19.1 Å². The highest BCUT2D eigenvalue weighted by Gasteiger charge is 2.24. The van der Waals surface area contributed by atoms with Gasteiger partial charge < -0.3 is 0 Å². The molecule has 0 spiro atoms. The van der Waals surface area contributed by atoms with Gasteiger partial charge in [0.25, 0.3) is 0 Å². The van der Waals surface area contributed by atoms with Crippen LogP contribution in [0.4, 0.5) is 13.2 Å². The van der Waals surface area contributed by atoms with Gasteiger partial charge in [0.15, 0.2) is 0 Å². The zero-order valence-corrected chi connectivity index (χ0v) is 16.7. The van der Waals surface area contributed by atoms with Crippen molar-refractivity contribution in [2.45, 2.75) is 25.3 Å². The first-order valence-corrected chi connectivity index (χ1v) is 10.6. The molecule has 0 atom stereocenters. The van der Waals surface area contributed by atoms with Gasteiger partial charge in [-0.2, -0.15) is 13.9 Å². The quantitative estimate of drug-likeness (QED) is 0.505. The highest BCUT2D eigenvalue weighted by molar-refractivity contribution is 7.96. The minimum absolute atomic E-state index is 0.292. The molecular weight excluding hydrogens is 397 g/mol. The summed E-state index contributed by atoms with van der Waals surface area (Å²) < 4.78 is 42.4. The van der Waals surface area contributed by atoms with Crippen molar-refractivity contribution in [3.05, 3.63) is 60.2 Å². The van der Waals surface area contributed by atoms with Crippen LogP contribution in [0.2, 0.25) is 0 Å². The Hall–Kier alpha value is -2.32. The molecule has 0 unspecified atom stereocenters. The summed E-state index contributed by atoms with van der Waals surface area (Å²) in [7, 11) is 0. The number of rotatable bonds is 5. The van der Waals surface area contributed by atoms with Gasteiger partial charge in [0, 0.05) is 36.6 Å². The minimum Gasteiger partial charge on any atom is -0.256 e. The van der Waals surface area contributed by atoms with E-state index >= 15 is 0 Å². The third-order valence-electron chi connectivity index (χ3n) is 5.31. The van der Waals surface area contributed by atoms with Crippen LogP contribution in [0.25, 0.3) is 22.5 Å². The van der Waals surface area contributed by atoms with Gasteiger partial charge >= 0.3 is 6.55 Å². The van der Waals surface area contributed by atoms with Crippen LogP contribution in [0.5, 0.6) is 0 Å². The molecule has 4 rings (SSSR count). The average Bonchev–Trinajstić information content (AvgIpc) is 3.25. The maximum atomic E-state index is 13.3. The molecule has 1 aromatic carbocycles. The first-order valence-electron chi connectivity index (χ1n) is 9.44. The van der Waals surface area contributed by atoms with Crippen LogP contribution in [0.15, 0.2) is 48.8 Å². The first-order chi connectivity index (χ1) is 14.0. The predicted octanol–water partition coefficient (Wildman–Crippen LogP) is 5.60. The van der Waals surface area contributed by atoms with Gasteiger partial charge in [-0.05, 0) is 67.0 Å². The average molecular weight is 418 g/mol.